The summed E-state index contributed by atoms with van der Waals surface area (Å²) >= 11 is 0. The van der Waals surface area contributed by atoms with E-state index in [2.05, 4.69) is 10.3 Å². The van der Waals surface area contributed by atoms with Crippen molar-refractivity contribution in [2.45, 2.75) is 17.1 Å². The molecule has 2 N–H and O–H groups in total. The Morgan fingerprint density at radius 2 is 1.68 bits per heavy atom. The van der Waals surface area contributed by atoms with Crippen molar-refractivity contribution in [1.29, 1.82) is 0 Å². The van der Waals surface area contributed by atoms with E-state index >= 15 is 0 Å². The molecule has 1 saturated heterocycles. The Bertz CT molecular complexity index is 1570. The van der Waals surface area contributed by atoms with Crippen LogP contribution in [0.15, 0.2) is 53.4 Å². The van der Waals surface area contributed by atoms with Crippen molar-refractivity contribution in [3.05, 3.63) is 65.6 Å². The van der Waals surface area contributed by atoms with Gasteiger partial charge in [0.15, 0.2) is 15.7 Å². The highest BCUT2D eigenvalue weighted by Gasteiger charge is 2.29. The lowest BCUT2D eigenvalue weighted by Gasteiger charge is -2.31. The molecule has 2 aliphatic heterocycles. The monoisotopic (exact) mass is 561 g/mol. The van der Waals surface area contributed by atoms with Crippen LogP contribution in [0.5, 0.6) is 0 Å². The highest BCUT2D eigenvalue weighted by atomic mass is 32.2. The van der Waals surface area contributed by atoms with E-state index in [9.17, 15) is 26.0 Å². The number of aromatic nitrogens is 2. The van der Waals surface area contributed by atoms with Crippen LogP contribution in [-0.2, 0) is 36.8 Å². The molecule has 1 aromatic heterocycles. The summed E-state index contributed by atoms with van der Waals surface area (Å²) in [6.45, 7) is 2.20. The third kappa shape index (κ3) is 5.76. The number of amides is 2. The van der Waals surface area contributed by atoms with Crippen LogP contribution < -0.4 is 14.9 Å². The van der Waals surface area contributed by atoms with Crippen LogP contribution >= 0.6 is 0 Å². The first kappa shape index (κ1) is 26.0. The number of aryl methyl sites for hydroxylation is 1. The molecule has 11 nitrogen and oxygen atoms in total. The fourth-order valence-electron chi connectivity index (χ4n) is 4.24. The number of halogens is 1. The van der Waals surface area contributed by atoms with E-state index in [1.807, 2.05) is 9.62 Å². The molecule has 0 radical (unpaired) electrons. The van der Waals surface area contributed by atoms with Gasteiger partial charge in [0.25, 0.3) is 10.0 Å². The van der Waals surface area contributed by atoms with Crippen LogP contribution in [0.2, 0.25) is 0 Å². The molecule has 5 rings (SSSR count). The summed E-state index contributed by atoms with van der Waals surface area (Å²) in [5.41, 5.74) is 2.27. The summed E-state index contributed by atoms with van der Waals surface area (Å²) in [6, 6.07) is 9.58. The number of fused-ring (bicyclic) bond motifs is 1. The summed E-state index contributed by atoms with van der Waals surface area (Å²) in [6.07, 6.45) is 0.298. The van der Waals surface area contributed by atoms with Gasteiger partial charge in [-0.2, -0.15) is 0 Å². The Kier molecular flexibility index (Phi) is 7.03. The molecule has 3 heterocycles. The van der Waals surface area contributed by atoms with Crippen LogP contribution in [0.3, 0.4) is 0 Å². The van der Waals surface area contributed by atoms with Crippen molar-refractivity contribution >= 4 is 37.4 Å². The molecule has 14 heteroatoms. The molecule has 2 amide bonds. The Morgan fingerprint density at radius 3 is 2.37 bits per heavy atom. The van der Waals surface area contributed by atoms with E-state index in [0.29, 0.717) is 66.9 Å². The van der Waals surface area contributed by atoms with E-state index in [1.54, 1.807) is 24.3 Å². The molecule has 0 aliphatic carbocycles. The van der Waals surface area contributed by atoms with Crippen molar-refractivity contribution < 1.29 is 30.8 Å². The van der Waals surface area contributed by atoms with E-state index < -0.39 is 31.7 Å². The number of benzene rings is 2. The number of ether oxygens (including phenoxy) is 1. The Morgan fingerprint density at radius 1 is 1.00 bits per heavy atom. The summed E-state index contributed by atoms with van der Waals surface area (Å²) in [4.78, 5) is 23.4. The molecule has 1 fully saturated rings. The van der Waals surface area contributed by atoms with E-state index in [1.165, 1.54) is 0 Å². The Labute approximate surface area is 219 Å². The summed E-state index contributed by atoms with van der Waals surface area (Å²) in [5.74, 6) is 0.327. The van der Waals surface area contributed by atoms with E-state index in [4.69, 9.17) is 9.72 Å². The second-order valence-corrected chi connectivity index (χ2v) is 12.7. The molecule has 0 spiro atoms. The largest absolute Gasteiger partial charge is 0.378 e. The predicted octanol–water partition coefficient (Wildman–Crippen LogP) is 2.10. The first-order valence-electron chi connectivity index (χ1n) is 11.7. The maximum absolute atomic E-state index is 13.1. The number of hydrogen-bond donors (Lipinski definition) is 2. The van der Waals surface area contributed by atoms with Crippen molar-refractivity contribution in [2.75, 3.05) is 42.3 Å². The van der Waals surface area contributed by atoms with E-state index in [0.717, 1.165) is 24.3 Å². The lowest BCUT2D eigenvalue weighted by molar-refractivity contribution is 0.122. The summed E-state index contributed by atoms with van der Waals surface area (Å²) in [5, 5.41) is 2.45. The zero-order chi connectivity index (χ0) is 26.9. The van der Waals surface area contributed by atoms with E-state index in [-0.39, 0.29) is 16.4 Å². The Hall–Kier alpha value is -3.62. The minimum Gasteiger partial charge on any atom is -0.378 e. The molecule has 38 heavy (non-hydrogen) atoms. The quantitative estimate of drug-likeness (QED) is 0.478. The van der Waals surface area contributed by atoms with Gasteiger partial charge >= 0.3 is 6.03 Å². The van der Waals surface area contributed by atoms with Crippen LogP contribution in [0, 0.1) is 5.82 Å². The highest BCUT2D eigenvalue weighted by molar-refractivity contribution is 7.90. The smallest absolute Gasteiger partial charge is 0.333 e. The van der Waals surface area contributed by atoms with Gasteiger partial charge in [-0.05, 0) is 48.5 Å². The van der Waals surface area contributed by atoms with Crippen molar-refractivity contribution in [3.63, 3.8) is 0 Å². The average Bonchev–Trinajstić information content (AvgIpc) is 2.88. The maximum atomic E-state index is 13.1. The lowest BCUT2D eigenvalue weighted by atomic mass is 10.1. The lowest BCUT2D eigenvalue weighted by Crippen LogP contribution is -2.38. The number of urea groups is 1. The summed E-state index contributed by atoms with van der Waals surface area (Å²) in [7, 11) is -7.41. The van der Waals surface area contributed by atoms with Crippen molar-refractivity contribution in [2.24, 2.45) is 0 Å². The average molecular weight is 562 g/mol. The molecular formula is C24H24FN5O6S2. The van der Waals surface area contributed by atoms with Gasteiger partial charge in [-0.1, -0.05) is 0 Å². The number of sulfone groups is 1. The molecular weight excluding hydrogens is 537 g/mol. The second-order valence-electron chi connectivity index (χ2n) is 8.83. The third-order valence-corrected chi connectivity index (χ3v) is 9.05. The zero-order valence-corrected chi connectivity index (χ0v) is 21.7. The molecule has 0 atom stereocenters. The number of carbonyl (C=O) groups excluding carboxylic acids is 1. The van der Waals surface area contributed by atoms with Gasteiger partial charge in [0.2, 0.25) is 0 Å². The highest BCUT2D eigenvalue weighted by Crippen LogP contribution is 2.31. The van der Waals surface area contributed by atoms with Gasteiger partial charge in [-0.25, -0.2) is 40.7 Å². The van der Waals surface area contributed by atoms with Crippen LogP contribution in [0.25, 0.3) is 11.4 Å². The van der Waals surface area contributed by atoms with Gasteiger partial charge in [-0.3, -0.25) is 0 Å². The molecule has 200 valence electrons. The first-order valence-corrected chi connectivity index (χ1v) is 15.0. The number of nitrogens with one attached hydrogen (secondary N) is 2. The Balaban J connectivity index is 1.35. The third-order valence-electron chi connectivity index (χ3n) is 6.15. The zero-order valence-electron chi connectivity index (χ0n) is 20.1. The maximum Gasteiger partial charge on any atom is 0.333 e. The molecule has 3 aromatic rings. The van der Waals surface area contributed by atoms with Gasteiger partial charge in [-0.15, -0.1) is 0 Å². The van der Waals surface area contributed by atoms with Crippen LogP contribution in [0.1, 0.15) is 11.3 Å². The standard InChI is InChI=1S/C24H24FN5O6S2/c25-17-3-7-19(8-4-17)38(34,35)29-24(31)26-18-5-1-16(2-6-18)22-27-21-9-14-37(32,33)15-20(21)23(28-22)30-10-12-36-13-11-30/h1-8H,9-15H2,(H2,26,29,31). The van der Waals surface area contributed by atoms with Gasteiger partial charge in [0.1, 0.15) is 11.6 Å². The van der Waals surface area contributed by atoms with Crippen molar-refractivity contribution in [1.82, 2.24) is 14.7 Å². The molecule has 0 unspecified atom stereocenters. The number of sulfonamides is 1. The fourth-order valence-corrected chi connectivity index (χ4v) is 6.53. The molecule has 2 aromatic carbocycles. The number of nitrogens with zero attached hydrogens (tertiary/aromatic N) is 3. The minimum absolute atomic E-state index is 0.0256. The molecule has 2 aliphatic rings. The fraction of sp³-hybridized carbons (Fsp3) is 0.292. The van der Waals surface area contributed by atoms with Gasteiger partial charge in [0.05, 0.1) is 35.3 Å². The number of anilines is 2. The minimum atomic E-state index is -4.19. The first-order chi connectivity index (χ1) is 18.1. The number of morpholine rings is 1. The predicted molar refractivity (Wildman–Crippen MR) is 137 cm³/mol. The van der Waals surface area contributed by atoms with Gasteiger partial charge < -0.3 is 15.0 Å². The molecule has 0 bridgehead atoms. The number of rotatable bonds is 5. The number of hydrogen-bond acceptors (Lipinski definition) is 9. The SMILES string of the molecule is O=C(Nc1ccc(-c2nc3c(c(N4CCOCC4)n2)CS(=O)(=O)CC3)cc1)NS(=O)(=O)c1ccc(F)cc1. The van der Waals surface area contributed by atoms with Gasteiger partial charge in [0, 0.05) is 36.3 Å². The van der Waals surface area contributed by atoms with Crippen molar-refractivity contribution in [3.8, 4) is 11.4 Å². The summed E-state index contributed by atoms with van der Waals surface area (Å²) < 4.78 is 69.7. The topological polar surface area (TPSA) is 148 Å². The van der Waals surface area contributed by atoms with Crippen LogP contribution in [-0.4, -0.2) is 64.9 Å². The van der Waals surface area contributed by atoms with Crippen LogP contribution in [0.4, 0.5) is 20.7 Å². The normalized spacial score (nSPS) is 16.9. The molecule has 0 saturated carbocycles. The number of carbonyl (C=O) groups is 1. The second kappa shape index (κ2) is 10.3.